The van der Waals surface area contributed by atoms with Crippen LogP contribution in [0.25, 0.3) is 11.5 Å². The summed E-state index contributed by atoms with van der Waals surface area (Å²) in [4.78, 5) is 19.2. The van der Waals surface area contributed by atoms with Crippen LogP contribution in [0, 0.1) is 0 Å². The lowest BCUT2D eigenvalue weighted by atomic mass is 10.2. The Kier molecular flexibility index (Phi) is 6.01. The predicted octanol–water partition coefficient (Wildman–Crippen LogP) is 4.31. The molecule has 0 bridgehead atoms. The maximum Gasteiger partial charge on any atom is 0.433 e. The molecule has 4 heterocycles. The van der Waals surface area contributed by atoms with Crippen molar-refractivity contribution in [1.29, 1.82) is 0 Å². The van der Waals surface area contributed by atoms with Crippen LogP contribution in [0.15, 0.2) is 36.5 Å². The molecule has 0 amide bonds. The Morgan fingerprint density at radius 3 is 2.33 bits per heavy atom. The Morgan fingerprint density at radius 2 is 1.64 bits per heavy atom. The highest BCUT2D eigenvalue weighted by atomic mass is 19.4. The highest BCUT2D eigenvalue weighted by molar-refractivity contribution is 5.59. The van der Waals surface area contributed by atoms with Gasteiger partial charge in [-0.1, -0.05) is 6.07 Å². The molecule has 0 aromatic carbocycles. The van der Waals surface area contributed by atoms with Crippen molar-refractivity contribution in [3.8, 4) is 11.5 Å². The van der Waals surface area contributed by atoms with E-state index in [4.69, 9.17) is 4.74 Å². The number of ether oxygens (including phenoxy) is 1. The SMILES string of the molecule is FC(F)(F)c1cc(Nc2nc(NC3CCOC3)nc(-c3cccc(C(F)(F)F)n3)n2)ccn1. The smallest absolute Gasteiger partial charge is 0.379 e. The fourth-order valence-electron chi connectivity index (χ4n) is 2.95. The first-order valence-electron chi connectivity index (χ1n) is 9.53. The lowest BCUT2D eigenvalue weighted by Gasteiger charge is -2.14. The fourth-order valence-corrected chi connectivity index (χ4v) is 2.95. The van der Waals surface area contributed by atoms with Crippen molar-refractivity contribution in [2.75, 3.05) is 23.8 Å². The van der Waals surface area contributed by atoms with Crippen molar-refractivity contribution in [1.82, 2.24) is 24.9 Å². The molecule has 1 aliphatic heterocycles. The normalized spacial score (nSPS) is 16.6. The number of rotatable bonds is 5. The Hall–Kier alpha value is -3.55. The van der Waals surface area contributed by atoms with Crippen molar-refractivity contribution in [3.05, 3.63) is 47.9 Å². The monoisotopic (exact) mass is 471 g/mol. The number of aromatic nitrogens is 5. The van der Waals surface area contributed by atoms with E-state index in [0.717, 1.165) is 24.4 Å². The van der Waals surface area contributed by atoms with Gasteiger partial charge in [0.05, 0.1) is 12.6 Å². The first-order valence-corrected chi connectivity index (χ1v) is 9.53. The molecule has 8 nitrogen and oxygen atoms in total. The summed E-state index contributed by atoms with van der Waals surface area (Å²) in [5.41, 5.74) is -2.49. The second kappa shape index (κ2) is 8.77. The lowest BCUT2D eigenvalue weighted by molar-refractivity contribution is -0.141. The van der Waals surface area contributed by atoms with E-state index < -0.39 is 23.7 Å². The van der Waals surface area contributed by atoms with E-state index in [0.29, 0.717) is 19.6 Å². The average molecular weight is 471 g/mol. The minimum Gasteiger partial charge on any atom is -0.379 e. The molecule has 33 heavy (non-hydrogen) atoms. The zero-order chi connectivity index (χ0) is 23.6. The fraction of sp³-hybridized carbons (Fsp3) is 0.316. The van der Waals surface area contributed by atoms with Crippen LogP contribution < -0.4 is 10.6 Å². The van der Waals surface area contributed by atoms with Gasteiger partial charge in [-0.05, 0) is 30.7 Å². The van der Waals surface area contributed by atoms with Crippen LogP contribution in [0.2, 0.25) is 0 Å². The van der Waals surface area contributed by atoms with Gasteiger partial charge < -0.3 is 15.4 Å². The van der Waals surface area contributed by atoms with Crippen LogP contribution in [0.3, 0.4) is 0 Å². The van der Waals surface area contributed by atoms with Crippen LogP contribution in [-0.2, 0) is 17.1 Å². The van der Waals surface area contributed by atoms with Gasteiger partial charge in [-0.2, -0.15) is 41.3 Å². The highest BCUT2D eigenvalue weighted by Crippen LogP contribution is 2.31. The summed E-state index contributed by atoms with van der Waals surface area (Å²) >= 11 is 0. The summed E-state index contributed by atoms with van der Waals surface area (Å²) in [7, 11) is 0. The van der Waals surface area contributed by atoms with Gasteiger partial charge in [0.25, 0.3) is 0 Å². The second-order valence-corrected chi connectivity index (χ2v) is 6.97. The maximum atomic E-state index is 13.1. The minimum atomic E-state index is -4.68. The third-order valence-corrected chi connectivity index (χ3v) is 4.47. The molecule has 0 saturated carbocycles. The lowest BCUT2D eigenvalue weighted by Crippen LogP contribution is -2.21. The molecule has 1 atom stereocenters. The number of nitrogens with zero attached hydrogens (tertiary/aromatic N) is 5. The van der Waals surface area contributed by atoms with E-state index in [9.17, 15) is 26.3 Å². The summed E-state index contributed by atoms with van der Waals surface area (Å²) in [5, 5.41) is 5.60. The number of pyridine rings is 2. The first kappa shape index (κ1) is 22.6. The number of alkyl halides is 6. The molecule has 2 N–H and O–H groups in total. The molecule has 1 fully saturated rings. The van der Waals surface area contributed by atoms with Crippen molar-refractivity contribution in [3.63, 3.8) is 0 Å². The number of nitrogens with one attached hydrogen (secondary N) is 2. The summed E-state index contributed by atoms with van der Waals surface area (Å²) < 4.78 is 83.4. The van der Waals surface area contributed by atoms with Gasteiger partial charge in [0.15, 0.2) is 5.82 Å². The van der Waals surface area contributed by atoms with Gasteiger partial charge in [-0.15, -0.1) is 0 Å². The third-order valence-electron chi connectivity index (χ3n) is 4.47. The zero-order valence-corrected chi connectivity index (χ0v) is 16.6. The number of halogens is 6. The van der Waals surface area contributed by atoms with Gasteiger partial charge in [0.1, 0.15) is 17.1 Å². The summed E-state index contributed by atoms with van der Waals surface area (Å²) in [5.74, 6) is -0.396. The summed E-state index contributed by atoms with van der Waals surface area (Å²) in [6.45, 7) is 0.873. The van der Waals surface area contributed by atoms with Crippen LogP contribution in [0.5, 0.6) is 0 Å². The van der Waals surface area contributed by atoms with Crippen molar-refractivity contribution >= 4 is 17.6 Å². The molecule has 1 aliphatic rings. The molecule has 3 aromatic heterocycles. The van der Waals surface area contributed by atoms with Crippen molar-refractivity contribution in [2.24, 2.45) is 0 Å². The second-order valence-electron chi connectivity index (χ2n) is 6.97. The van der Waals surface area contributed by atoms with E-state index in [1.165, 1.54) is 12.1 Å². The molecular formula is C19H15F6N7O. The molecule has 0 aliphatic carbocycles. The zero-order valence-electron chi connectivity index (χ0n) is 16.6. The molecule has 1 saturated heterocycles. The Morgan fingerprint density at radius 1 is 0.879 bits per heavy atom. The first-order chi connectivity index (χ1) is 15.6. The number of anilines is 3. The molecule has 0 spiro atoms. The third kappa shape index (κ3) is 5.63. The van der Waals surface area contributed by atoms with Crippen LogP contribution in [-0.4, -0.2) is 44.2 Å². The van der Waals surface area contributed by atoms with E-state index in [-0.39, 0.29) is 35.1 Å². The van der Waals surface area contributed by atoms with Gasteiger partial charge in [0, 0.05) is 18.5 Å². The summed E-state index contributed by atoms with van der Waals surface area (Å²) in [6.07, 6.45) is -7.75. The standard InChI is InChI=1S/C19H15F6N7O/c20-18(21,22)13-3-1-2-12(29-13)15-30-16(32-17(31-15)28-11-5-7-33-9-11)27-10-4-6-26-14(8-10)19(23,24)25/h1-4,6,8,11H,5,7,9H2,(H2,26,27,28,30,31,32). The van der Waals surface area contributed by atoms with Gasteiger partial charge in [-0.25, -0.2) is 4.98 Å². The molecule has 14 heteroatoms. The molecular weight excluding hydrogens is 456 g/mol. The van der Waals surface area contributed by atoms with E-state index >= 15 is 0 Å². The van der Waals surface area contributed by atoms with Crippen molar-refractivity contribution < 1.29 is 31.1 Å². The van der Waals surface area contributed by atoms with E-state index in [1.54, 1.807) is 0 Å². The Bertz CT molecular complexity index is 1130. The Balaban J connectivity index is 1.71. The van der Waals surface area contributed by atoms with Crippen molar-refractivity contribution in [2.45, 2.75) is 24.8 Å². The minimum absolute atomic E-state index is 0.00214. The average Bonchev–Trinajstić information content (AvgIpc) is 3.26. The van der Waals surface area contributed by atoms with E-state index in [1.807, 2.05) is 0 Å². The van der Waals surface area contributed by atoms with E-state index in [2.05, 4.69) is 35.6 Å². The molecule has 0 radical (unpaired) electrons. The molecule has 1 unspecified atom stereocenters. The largest absolute Gasteiger partial charge is 0.433 e. The maximum absolute atomic E-state index is 13.1. The van der Waals surface area contributed by atoms with Gasteiger partial charge in [-0.3, -0.25) is 4.98 Å². The van der Waals surface area contributed by atoms with Gasteiger partial charge >= 0.3 is 12.4 Å². The van der Waals surface area contributed by atoms with Gasteiger partial charge in [0.2, 0.25) is 11.9 Å². The topological polar surface area (TPSA) is 97.7 Å². The molecule has 174 valence electrons. The number of hydrogen-bond donors (Lipinski definition) is 2. The van der Waals surface area contributed by atoms with Crippen LogP contribution in [0.1, 0.15) is 17.8 Å². The van der Waals surface area contributed by atoms with Crippen LogP contribution >= 0.6 is 0 Å². The quantitative estimate of drug-likeness (QED) is 0.532. The predicted molar refractivity (Wildman–Crippen MR) is 103 cm³/mol. The Labute approximate surface area is 182 Å². The summed E-state index contributed by atoms with van der Waals surface area (Å²) in [6, 6.07) is 5.10. The molecule has 4 rings (SSSR count). The molecule has 3 aromatic rings. The van der Waals surface area contributed by atoms with Crippen LogP contribution in [0.4, 0.5) is 43.9 Å². The highest BCUT2D eigenvalue weighted by Gasteiger charge is 2.33. The number of hydrogen-bond acceptors (Lipinski definition) is 8.